The minimum atomic E-state index is -1.82. The average molecular weight is 461 g/mol. The minimum absolute atomic E-state index is 0.0711. The third kappa shape index (κ3) is 6.05. The van der Waals surface area contributed by atoms with E-state index >= 15 is 0 Å². The number of carboxylic acid groups (broad SMARTS) is 2. The zero-order valence-corrected chi connectivity index (χ0v) is 19.7. The molecule has 4 saturated carbocycles. The van der Waals surface area contributed by atoms with Gasteiger partial charge in [0.1, 0.15) is 5.75 Å². The van der Waals surface area contributed by atoms with Gasteiger partial charge in [-0.3, -0.25) is 4.79 Å². The molecule has 4 aliphatic carbocycles. The fourth-order valence-electron chi connectivity index (χ4n) is 6.53. The molecule has 0 spiro atoms. The van der Waals surface area contributed by atoms with Crippen LogP contribution < -0.4 is 15.4 Å². The molecule has 4 bridgehead atoms. The minimum Gasteiger partial charge on any atom is -0.496 e. The smallest absolute Gasteiger partial charge is 0.414 e. The summed E-state index contributed by atoms with van der Waals surface area (Å²) >= 11 is 0. The molecule has 1 amide bonds. The maximum Gasteiger partial charge on any atom is 0.414 e. The molecule has 0 aliphatic heterocycles. The van der Waals surface area contributed by atoms with Crippen molar-refractivity contribution in [1.29, 1.82) is 0 Å². The zero-order chi connectivity index (χ0) is 24.2. The standard InChI is InChI=1S/C23H34N2O2.C2H2O4/c1-15(20-6-4-5-7-21(20)27-3)24-14-22(26)25-16(2)23-11-17-8-18(12-23)10-19(9-17)13-23;3-1(4)2(5)6/h4-7,15-19,24H,8-14H2,1-3H3,(H,25,26);(H,3,4)(H,5,6). The zero-order valence-electron chi connectivity index (χ0n) is 19.7. The highest BCUT2D eigenvalue weighted by atomic mass is 16.5. The number of carbonyl (C=O) groups excluding carboxylic acids is 1. The monoisotopic (exact) mass is 460 g/mol. The van der Waals surface area contributed by atoms with Crippen molar-refractivity contribution in [2.75, 3.05) is 13.7 Å². The highest BCUT2D eigenvalue weighted by molar-refractivity contribution is 6.27. The van der Waals surface area contributed by atoms with Crippen LogP contribution in [0.5, 0.6) is 5.75 Å². The number of hydrogen-bond donors (Lipinski definition) is 4. The Hall–Kier alpha value is -2.61. The number of rotatable bonds is 7. The van der Waals surface area contributed by atoms with Gasteiger partial charge in [0.05, 0.1) is 13.7 Å². The number of carbonyl (C=O) groups is 3. The van der Waals surface area contributed by atoms with Crippen LogP contribution in [-0.2, 0) is 14.4 Å². The lowest BCUT2D eigenvalue weighted by Crippen LogP contribution is -2.56. The van der Waals surface area contributed by atoms with Gasteiger partial charge in [-0.25, -0.2) is 9.59 Å². The molecule has 0 aromatic heterocycles. The van der Waals surface area contributed by atoms with Crippen LogP contribution in [0.1, 0.15) is 64.0 Å². The fraction of sp³-hybridized carbons (Fsp3) is 0.640. The van der Waals surface area contributed by atoms with Gasteiger partial charge in [-0.1, -0.05) is 18.2 Å². The van der Waals surface area contributed by atoms with E-state index in [4.69, 9.17) is 24.5 Å². The van der Waals surface area contributed by atoms with Crippen molar-refractivity contribution in [1.82, 2.24) is 10.6 Å². The summed E-state index contributed by atoms with van der Waals surface area (Å²) in [5, 5.41) is 21.5. The first-order valence-electron chi connectivity index (χ1n) is 11.8. The van der Waals surface area contributed by atoms with Crippen LogP contribution in [-0.4, -0.2) is 47.8 Å². The van der Waals surface area contributed by atoms with E-state index in [1.165, 1.54) is 38.5 Å². The van der Waals surface area contributed by atoms with E-state index in [1.807, 2.05) is 24.3 Å². The summed E-state index contributed by atoms with van der Waals surface area (Å²) in [5.41, 5.74) is 1.44. The average Bonchev–Trinajstić information content (AvgIpc) is 2.76. The predicted molar refractivity (Wildman–Crippen MR) is 123 cm³/mol. The number of ether oxygens (including phenoxy) is 1. The van der Waals surface area contributed by atoms with Gasteiger partial charge in [0.2, 0.25) is 5.91 Å². The van der Waals surface area contributed by atoms with Crippen LogP contribution in [0.2, 0.25) is 0 Å². The van der Waals surface area contributed by atoms with E-state index in [2.05, 4.69) is 24.5 Å². The maximum atomic E-state index is 12.6. The molecule has 182 valence electrons. The molecule has 2 atom stereocenters. The van der Waals surface area contributed by atoms with Crippen molar-refractivity contribution in [3.63, 3.8) is 0 Å². The van der Waals surface area contributed by atoms with Crippen molar-refractivity contribution >= 4 is 17.8 Å². The molecule has 4 aliphatic rings. The normalized spacial score (nSPS) is 28.8. The molecule has 1 aromatic rings. The van der Waals surface area contributed by atoms with Crippen LogP contribution in [0.3, 0.4) is 0 Å². The van der Waals surface area contributed by atoms with Crippen LogP contribution in [0.25, 0.3) is 0 Å². The lowest BCUT2D eigenvalue weighted by atomic mass is 9.48. The second-order valence-corrected chi connectivity index (χ2v) is 10.0. The third-order valence-corrected chi connectivity index (χ3v) is 7.74. The van der Waals surface area contributed by atoms with E-state index < -0.39 is 11.9 Å². The fourth-order valence-corrected chi connectivity index (χ4v) is 6.53. The summed E-state index contributed by atoms with van der Waals surface area (Å²) in [6, 6.07) is 8.33. The Morgan fingerprint density at radius 2 is 1.52 bits per heavy atom. The first kappa shape index (κ1) is 25.0. The first-order chi connectivity index (χ1) is 15.6. The van der Waals surface area contributed by atoms with Gasteiger partial charge in [0, 0.05) is 17.6 Å². The number of benzene rings is 1. The number of carboxylic acids is 2. The summed E-state index contributed by atoms with van der Waals surface area (Å²) in [6.45, 7) is 4.66. The second kappa shape index (κ2) is 10.5. The van der Waals surface area contributed by atoms with E-state index in [0.29, 0.717) is 12.0 Å². The highest BCUT2D eigenvalue weighted by Crippen LogP contribution is 2.61. The maximum absolute atomic E-state index is 12.6. The first-order valence-corrected chi connectivity index (χ1v) is 11.8. The Balaban J connectivity index is 0.000000454. The number of methoxy groups -OCH3 is 1. The van der Waals surface area contributed by atoms with Crippen LogP contribution >= 0.6 is 0 Å². The Bertz CT molecular complexity index is 823. The molecule has 0 saturated heterocycles. The Labute approximate surface area is 195 Å². The van der Waals surface area contributed by atoms with Gasteiger partial charge in [-0.15, -0.1) is 0 Å². The Morgan fingerprint density at radius 1 is 1.00 bits per heavy atom. The van der Waals surface area contributed by atoms with Crippen LogP contribution in [0, 0.1) is 23.2 Å². The van der Waals surface area contributed by atoms with Gasteiger partial charge in [-0.2, -0.15) is 0 Å². The largest absolute Gasteiger partial charge is 0.496 e. The molecule has 4 N–H and O–H groups in total. The lowest BCUT2D eigenvalue weighted by molar-refractivity contribution is -0.159. The predicted octanol–water partition coefficient (Wildman–Crippen LogP) is 3.22. The van der Waals surface area contributed by atoms with E-state index in [1.54, 1.807) is 7.11 Å². The van der Waals surface area contributed by atoms with Crippen molar-refractivity contribution < 1.29 is 29.3 Å². The van der Waals surface area contributed by atoms with Crippen molar-refractivity contribution in [3.05, 3.63) is 29.8 Å². The number of hydrogen-bond acceptors (Lipinski definition) is 5. The molecule has 4 fully saturated rings. The second-order valence-electron chi connectivity index (χ2n) is 10.0. The molecule has 2 unspecified atom stereocenters. The van der Waals surface area contributed by atoms with Crippen LogP contribution in [0.15, 0.2) is 24.3 Å². The van der Waals surface area contributed by atoms with E-state index in [0.717, 1.165) is 29.1 Å². The van der Waals surface area contributed by atoms with Crippen molar-refractivity contribution in [2.45, 2.75) is 64.5 Å². The summed E-state index contributed by atoms with van der Waals surface area (Å²) in [6.07, 6.45) is 8.30. The molecule has 0 radical (unpaired) electrons. The number of para-hydroxylation sites is 1. The number of amides is 1. The lowest BCUT2D eigenvalue weighted by Gasteiger charge is -2.59. The molecular formula is C25H36N2O6. The summed E-state index contributed by atoms with van der Waals surface area (Å²) in [4.78, 5) is 30.8. The number of nitrogens with one attached hydrogen (secondary N) is 2. The molecular weight excluding hydrogens is 424 g/mol. The van der Waals surface area contributed by atoms with Gasteiger partial charge in [0.15, 0.2) is 0 Å². The van der Waals surface area contributed by atoms with Gasteiger partial charge < -0.3 is 25.6 Å². The van der Waals surface area contributed by atoms with E-state index in [9.17, 15) is 4.79 Å². The summed E-state index contributed by atoms with van der Waals surface area (Å²) in [5.74, 6) is 0.0720. The van der Waals surface area contributed by atoms with Crippen LogP contribution in [0.4, 0.5) is 0 Å². The topological polar surface area (TPSA) is 125 Å². The van der Waals surface area contributed by atoms with Crippen molar-refractivity contribution in [3.8, 4) is 5.75 Å². The van der Waals surface area contributed by atoms with E-state index in [-0.39, 0.29) is 18.0 Å². The molecule has 0 heterocycles. The Kier molecular flexibility index (Phi) is 8.00. The van der Waals surface area contributed by atoms with Crippen molar-refractivity contribution in [2.24, 2.45) is 23.2 Å². The molecule has 8 heteroatoms. The molecule has 5 rings (SSSR count). The molecule has 33 heavy (non-hydrogen) atoms. The molecule has 8 nitrogen and oxygen atoms in total. The van der Waals surface area contributed by atoms with Gasteiger partial charge >= 0.3 is 11.9 Å². The SMILES string of the molecule is COc1ccccc1C(C)NCC(=O)NC(C)C12CC3CC(CC(C3)C1)C2.O=C(O)C(=O)O. The highest BCUT2D eigenvalue weighted by Gasteiger charge is 2.53. The molecule has 1 aromatic carbocycles. The summed E-state index contributed by atoms with van der Waals surface area (Å²) in [7, 11) is 1.69. The van der Waals surface area contributed by atoms with Gasteiger partial charge in [-0.05, 0) is 81.6 Å². The quantitative estimate of drug-likeness (QED) is 0.460. The number of aliphatic carboxylic acids is 2. The third-order valence-electron chi connectivity index (χ3n) is 7.74. The Morgan fingerprint density at radius 3 is 2.00 bits per heavy atom. The summed E-state index contributed by atoms with van der Waals surface area (Å²) < 4.78 is 5.44. The van der Waals surface area contributed by atoms with Gasteiger partial charge in [0.25, 0.3) is 0 Å².